The molecule has 26 heavy (non-hydrogen) atoms. The largest absolute Gasteiger partial charge is 0.444 e. The fraction of sp³-hybridized carbons (Fsp3) is 0.158. The van der Waals surface area contributed by atoms with Crippen LogP contribution in [0.5, 0.6) is 0 Å². The molecule has 134 valence electrons. The summed E-state index contributed by atoms with van der Waals surface area (Å²) in [5, 5.41) is 11.0. The number of carbonyl (C=O) groups is 2. The fourth-order valence-electron chi connectivity index (χ4n) is 2.23. The van der Waals surface area contributed by atoms with Gasteiger partial charge in [-0.1, -0.05) is 42.5 Å². The lowest BCUT2D eigenvalue weighted by Crippen LogP contribution is -2.30. The van der Waals surface area contributed by atoms with Crippen molar-refractivity contribution >= 4 is 23.6 Å². The molecule has 1 unspecified atom stereocenters. The third-order valence-corrected chi connectivity index (χ3v) is 3.53. The Hall–Kier alpha value is -3.48. The van der Waals surface area contributed by atoms with Gasteiger partial charge in [-0.25, -0.2) is 4.79 Å². The second-order valence-electron chi connectivity index (χ2n) is 5.61. The van der Waals surface area contributed by atoms with Crippen LogP contribution in [0.3, 0.4) is 0 Å². The first-order valence-electron chi connectivity index (χ1n) is 7.78. The first-order valence-corrected chi connectivity index (χ1v) is 7.78. The molecule has 0 saturated heterocycles. The van der Waals surface area contributed by atoms with E-state index in [0.29, 0.717) is 5.56 Å². The van der Waals surface area contributed by atoms with Crippen molar-refractivity contribution in [2.45, 2.75) is 6.10 Å². The van der Waals surface area contributed by atoms with Gasteiger partial charge in [-0.3, -0.25) is 14.9 Å². The summed E-state index contributed by atoms with van der Waals surface area (Å²) in [6.07, 6.45) is 1.28. The lowest BCUT2D eigenvalue weighted by Gasteiger charge is -2.20. The average molecular weight is 354 g/mol. The van der Waals surface area contributed by atoms with Gasteiger partial charge < -0.3 is 9.64 Å². The number of carbonyl (C=O) groups excluding carboxylic acids is 2. The van der Waals surface area contributed by atoms with Crippen molar-refractivity contribution in [2.24, 2.45) is 0 Å². The summed E-state index contributed by atoms with van der Waals surface area (Å²) >= 11 is 0. The number of esters is 1. The Morgan fingerprint density at radius 3 is 2.31 bits per heavy atom. The number of nitro benzene ring substituents is 1. The van der Waals surface area contributed by atoms with E-state index in [1.54, 1.807) is 50.5 Å². The second kappa shape index (κ2) is 8.57. The topological polar surface area (TPSA) is 89.8 Å². The van der Waals surface area contributed by atoms with E-state index >= 15 is 0 Å². The highest BCUT2D eigenvalue weighted by Crippen LogP contribution is 2.21. The van der Waals surface area contributed by atoms with E-state index < -0.39 is 17.0 Å². The number of likely N-dealkylation sites (N-methyl/N-ethyl adjacent to an activating group) is 1. The minimum atomic E-state index is -1.09. The molecule has 0 bridgehead atoms. The van der Waals surface area contributed by atoms with Crippen LogP contribution >= 0.6 is 0 Å². The number of hydrogen-bond acceptors (Lipinski definition) is 5. The molecule has 0 spiro atoms. The normalized spacial score (nSPS) is 11.8. The first-order chi connectivity index (χ1) is 12.4. The van der Waals surface area contributed by atoms with Crippen LogP contribution < -0.4 is 0 Å². The highest BCUT2D eigenvalue weighted by Gasteiger charge is 2.25. The lowest BCUT2D eigenvalue weighted by atomic mass is 10.1. The van der Waals surface area contributed by atoms with Crippen molar-refractivity contribution in [3.63, 3.8) is 0 Å². The summed E-state index contributed by atoms with van der Waals surface area (Å²) in [4.78, 5) is 36.3. The van der Waals surface area contributed by atoms with Crippen molar-refractivity contribution in [2.75, 3.05) is 14.1 Å². The molecule has 0 heterocycles. The van der Waals surface area contributed by atoms with Gasteiger partial charge in [0.15, 0.2) is 0 Å². The predicted octanol–water partition coefficient (Wildman–Crippen LogP) is 2.98. The van der Waals surface area contributed by atoms with Gasteiger partial charge in [0.2, 0.25) is 6.10 Å². The van der Waals surface area contributed by atoms with Gasteiger partial charge in [0.05, 0.1) is 10.5 Å². The number of benzene rings is 2. The Kier molecular flexibility index (Phi) is 6.21. The predicted molar refractivity (Wildman–Crippen MR) is 96.1 cm³/mol. The van der Waals surface area contributed by atoms with Gasteiger partial charge in [0.1, 0.15) is 0 Å². The summed E-state index contributed by atoms with van der Waals surface area (Å²) < 4.78 is 5.29. The van der Waals surface area contributed by atoms with Crippen molar-refractivity contribution in [1.29, 1.82) is 0 Å². The van der Waals surface area contributed by atoms with Crippen LogP contribution in [-0.4, -0.2) is 35.8 Å². The molecule has 1 atom stereocenters. The molecule has 0 aliphatic heterocycles. The maximum atomic E-state index is 12.3. The zero-order valence-corrected chi connectivity index (χ0v) is 14.4. The van der Waals surface area contributed by atoms with Crippen molar-refractivity contribution in [3.05, 3.63) is 81.9 Å². The van der Waals surface area contributed by atoms with Crippen LogP contribution in [-0.2, 0) is 14.3 Å². The van der Waals surface area contributed by atoms with Crippen LogP contribution in [0.25, 0.3) is 6.08 Å². The maximum Gasteiger partial charge on any atom is 0.331 e. The number of amides is 1. The Balaban J connectivity index is 2.20. The van der Waals surface area contributed by atoms with Crippen molar-refractivity contribution < 1.29 is 19.2 Å². The molecule has 0 aliphatic carbocycles. The van der Waals surface area contributed by atoms with E-state index in [9.17, 15) is 19.7 Å². The smallest absolute Gasteiger partial charge is 0.331 e. The van der Waals surface area contributed by atoms with Crippen molar-refractivity contribution in [3.8, 4) is 0 Å². The molecular formula is C19H18N2O5. The zero-order chi connectivity index (χ0) is 19.1. The summed E-state index contributed by atoms with van der Waals surface area (Å²) in [7, 11) is 3.13. The van der Waals surface area contributed by atoms with E-state index in [4.69, 9.17) is 4.74 Å². The van der Waals surface area contributed by atoms with Gasteiger partial charge in [0.25, 0.3) is 11.6 Å². The average Bonchev–Trinajstić information content (AvgIpc) is 2.64. The number of nitro groups is 1. The molecule has 7 heteroatoms. The number of rotatable bonds is 6. The molecule has 0 saturated carbocycles. The fourth-order valence-corrected chi connectivity index (χ4v) is 2.23. The molecule has 0 radical (unpaired) electrons. The highest BCUT2D eigenvalue weighted by atomic mass is 16.6. The van der Waals surface area contributed by atoms with Gasteiger partial charge >= 0.3 is 5.97 Å². The van der Waals surface area contributed by atoms with Crippen LogP contribution in [0.2, 0.25) is 0 Å². The minimum absolute atomic E-state index is 0.125. The Labute approximate surface area is 150 Å². The van der Waals surface area contributed by atoms with E-state index in [0.717, 1.165) is 6.08 Å². The third-order valence-electron chi connectivity index (χ3n) is 3.53. The number of hydrogen-bond donors (Lipinski definition) is 0. The molecule has 0 aromatic heterocycles. The van der Waals surface area contributed by atoms with Crippen LogP contribution in [0.15, 0.2) is 60.7 Å². The summed E-state index contributed by atoms with van der Waals surface area (Å²) in [6.45, 7) is 0. The minimum Gasteiger partial charge on any atom is -0.444 e. The Morgan fingerprint density at radius 1 is 1.08 bits per heavy atom. The monoisotopic (exact) mass is 354 g/mol. The summed E-state index contributed by atoms with van der Waals surface area (Å²) in [6, 6.07) is 14.7. The molecule has 7 nitrogen and oxygen atoms in total. The van der Waals surface area contributed by atoms with Crippen molar-refractivity contribution in [1.82, 2.24) is 4.90 Å². The Morgan fingerprint density at radius 2 is 1.69 bits per heavy atom. The van der Waals surface area contributed by atoms with Gasteiger partial charge in [0, 0.05) is 31.8 Å². The Bertz CT molecular complexity index is 831. The number of ether oxygens (including phenoxy) is 1. The number of nitrogens with zero attached hydrogens (tertiary/aromatic N) is 2. The molecule has 2 rings (SSSR count). The third kappa shape index (κ3) is 4.76. The van der Waals surface area contributed by atoms with Crippen LogP contribution in [0, 0.1) is 10.1 Å². The second-order valence-corrected chi connectivity index (χ2v) is 5.61. The van der Waals surface area contributed by atoms with Crippen LogP contribution in [0.4, 0.5) is 5.69 Å². The highest BCUT2D eigenvalue weighted by molar-refractivity contribution is 5.91. The standard InChI is InChI=1S/C19H18N2O5/c1-20(2)19(23)18(15-9-4-3-5-10-15)26-17(22)13-12-14-8-6-7-11-16(14)21(24)25/h3-13,18H,1-2H3/b13-12+. The molecule has 2 aromatic rings. The van der Waals surface area contributed by atoms with E-state index in [2.05, 4.69) is 0 Å². The molecule has 0 aliphatic rings. The quantitative estimate of drug-likeness (QED) is 0.344. The molecule has 1 amide bonds. The summed E-state index contributed by atoms with van der Waals surface area (Å²) in [5.74, 6) is -1.16. The lowest BCUT2D eigenvalue weighted by molar-refractivity contribution is -0.385. The molecule has 2 aromatic carbocycles. The molecule has 0 fully saturated rings. The van der Waals surface area contributed by atoms with Crippen LogP contribution in [0.1, 0.15) is 17.2 Å². The van der Waals surface area contributed by atoms with E-state index in [1.807, 2.05) is 0 Å². The summed E-state index contributed by atoms with van der Waals surface area (Å²) in [5.41, 5.74) is 0.684. The molecular weight excluding hydrogens is 336 g/mol. The SMILES string of the molecule is CN(C)C(=O)C(OC(=O)/C=C/c1ccccc1[N+](=O)[O-])c1ccccc1. The van der Waals surface area contributed by atoms with E-state index in [-0.39, 0.29) is 17.2 Å². The molecule has 0 N–H and O–H groups in total. The van der Waals surface area contributed by atoms with Gasteiger partial charge in [-0.2, -0.15) is 0 Å². The maximum absolute atomic E-state index is 12.3. The van der Waals surface area contributed by atoms with Gasteiger partial charge in [-0.15, -0.1) is 0 Å². The zero-order valence-electron chi connectivity index (χ0n) is 14.4. The number of para-hydroxylation sites is 1. The van der Waals surface area contributed by atoms with E-state index in [1.165, 1.54) is 29.2 Å². The first kappa shape index (κ1) is 18.9. The van der Waals surface area contributed by atoms with Gasteiger partial charge in [-0.05, 0) is 12.1 Å².